The Kier molecular flexibility index (Phi) is 3.99. The number of carbonyl (C=O) groups excluding carboxylic acids is 1. The van der Waals surface area contributed by atoms with E-state index in [4.69, 9.17) is 5.11 Å². The van der Waals surface area contributed by atoms with Crippen LogP contribution in [0.2, 0.25) is 0 Å². The Balaban J connectivity index is 1.25. The lowest BCUT2D eigenvalue weighted by Gasteiger charge is -2.09. The number of unbranched alkanes of at least 4 members (excludes halogenated alkanes) is 3. The maximum absolute atomic E-state index is 12.1. The van der Waals surface area contributed by atoms with E-state index >= 15 is 0 Å². The molecule has 112 valence electrons. The number of hydrogen-bond acceptors (Lipinski definition) is 2. The zero-order chi connectivity index (χ0) is 14.1. The predicted molar refractivity (Wildman–Crippen MR) is 75.0 cm³/mol. The van der Waals surface area contributed by atoms with Crippen LogP contribution in [0, 0.1) is 29.6 Å². The highest BCUT2D eigenvalue weighted by molar-refractivity contribution is 5.82. The van der Waals surface area contributed by atoms with Crippen molar-refractivity contribution in [2.24, 2.45) is 29.6 Å². The van der Waals surface area contributed by atoms with Gasteiger partial charge in [-0.1, -0.05) is 12.8 Å². The number of nitrogens with one attached hydrogen (secondary N) is 1. The molecule has 0 heterocycles. The molecule has 2 N–H and O–H groups in total. The molecule has 0 aliphatic heterocycles. The first kappa shape index (κ1) is 13.9. The average molecular weight is 279 g/mol. The minimum Gasteiger partial charge on any atom is -0.481 e. The normalized spacial score (nSPS) is 36.7. The van der Waals surface area contributed by atoms with Crippen LogP contribution in [0.3, 0.4) is 0 Å². The lowest BCUT2D eigenvalue weighted by Crippen LogP contribution is -2.28. The Morgan fingerprint density at radius 1 is 1.00 bits per heavy atom. The zero-order valence-corrected chi connectivity index (χ0v) is 12.0. The van der Waals surface area contributed by atoms with Crippen molar-refractivity contribution < 1.29 is 14.7 Å². The van der Waals surface area contributed by atoms with Gasteiger partial charge in [0.15, 0.2) is 0 Å². The van der Waals surface area contributed by atoms with Gasteiger partial charge in [0.25, 0.3) is 0 Å². The summed E-state index contributed by atoms with van der Waals surface area (Å²) in [6.45, 7) is 0.761. The van der Waals surface area contributed by atoms with E-state index in [0.717, 1.165) is 55.9 Å². The first-order chi connectivity index (χ1) is 9.68. The third-order valence-corrected chi connectivity index (χ3v) is 5.65. The highest BCUT2D eigenvalue weighted by atomic mass is 16.4. The summed E-state index contributed by atoms with van der Waals surface area (Å²) >= 11 is 0. The van der Waals surface area contributed by atoms with Gasteiger partial charge in [-0.05, 0) is 55.8 Å². The van der Waals surface area contributed by atoms with E-state index in [9.17, 15) is 9.59 Å². The fraction of sp³-hybridized carbons (Fsp3) is 0.875. The fourth-order valence-corrected chi connectivity index (χ4v) is 4.76. The summed E-state index contributed by atoms with van der Waals surface area (Å²) in [4.78, 5) is 22.5. The molecule has 3 rings (SSSR count). The van der Waals surface area contributed by atoms with Gasteiger partial charge in [0.1, 0.15) is 0 Å². The van der Waals surface area contributed by atoms with E-state index in [0.29, 0.717) is 11.8 Å². The first-order valence-electron chi connectivity index (χ1n) is 8.18. The van der Waals surface area contributed by atoms with Gasteiger partial charge in [0.05, 0.1) is 0 Å². The molecule has 4 heteroatoms. The molecule has 0 radical (unpaired) electrons. The van der Waals surface area contributed by atoms with Gasteiger partial charge in [0, 0.05) is 18.9 Å². The highest BCUT2D eigenvalue weighted by Crippen LogP contribution is 2.69. The summed E-state index contributed by atoms with van der Waals surface area (Å²) in [5.41, 5.74) is 0. The van der Waals surface area contributed by atoms with Crippen molar-refractivity contribution in [3.05, 3.63) is 0 Å². The number of hydrogen-bond donors (Lipinski definition) is 2. The zero-order valence-electron chi connectivity index (χ0n) is 12.0. The molecule has 0 aromatic carbocycles. The molecule has 0 aromatic heterocycles. The van der Waals surface area contributed by atoms with Crippen LogP contribution in [0.15, 0.2) is 0 Å². The monoisotopic (exact) mass is 279 g/mol. The first-order valence-corrected chi connectivity index (χ1v) is 8.18. The Bertz CT molecular complexity index is 379. The van der Waals surface area contributed by atoms with Crippen LogP contribution in [0.5, 0.6) is 0 Å². The third-order valence-electron chi connectivity index (χ3n) is 5.65. The maximum atomic E-state index is 12.1. The molecule has 4 unspecified atom stereocenters. The second-order valence-electron chi connectivity index (χ2n) is 6.86. The molecule has 3 fully saturated rings. The standard InChI is InChI=1S/C16H25NO3/c18-12(19)5-3-1-2-4-8-17-16(20)15-13-10-6-7-11(9-10)14(13)15/h10-11,13-15H,1-9H2,(H,17,20)(H,18,19). The van der Waals surface area contributed by atoms with Crippen molar-refractivity contribution in [2.75, 3.05) is 6.54 Å². The summed E-state index contributed by atoms with van der Waals surface area (Å²) in [5.74, 6) is 3.09. The van der Waals surface area contributed by atoms with Gasteiger partial charge in [-0.2, -0.15) is 0 Å². The summed E-state index contributed by atoms with van der Waals surface area (Å²) in [6, 6.07) is 0. The van der Waals surface area contributed by atoms with E-state index in [-0.39, 0.29) is 6.42 Å². The van der Waals surface area contributed by atoms with E-state index in [2.05, 4.69) is 5.32 Å². The number of carboxylic acids is 1. The number of fused-ring (bicyclic) bond motifs is 5. The van der Waals surface area contributed by atoms with E-state index in [1.807, 2.05) is 0 Å². The van der Waals surface area contributed by atoms with Crippen molar-refractivity contribution in [3.63, 3.8) is 0 Å². The lowest BCUT2D eigenvalue weighted by molar-refractivity contribution is -0.137. The van der Waals surface area contributed by atoms with Gasteiger partial charge in [-0.25, -0.2) is 0 Å². The van der Waals surface area contributed by atoms with Crippen molar-refractivity contribution in [1.29, 1.82) is 0 Å². The minimum absolute atomic E-state index is 0.264. The van der Waals surface area contributed by atoms with Crippen LogP contribution in [0.4, 0.5) is 0 Å². The molecule has 4 atom stereocenters. The number of carbonyl (C=O) groups is 2. The van der Waals surface area contributed by atoms with Crippen molar-refractivity contribution in [2.45, 2.75) is 51.4 Å². The van der Waals surface area contributed by atoms with Crippen LogP contribution < -0.4 is 5.32 Å². The molecule has 3 saturated carbocycles. The molecule has 0 saturated heterocycles. The quantitative estimate of drug-likeness (QED) is 0.671. The topological polar surface area (TPSA) is 66.4 Å². The number of amides is 1. The Morgan fingerprint density at radius 3 is 2.30 bits per heavy atom. The molecule has 0 aromatic rings. The van der Waals surface area contributed by atoms with Gasteiger partial charge in [-0.3, -0.25) is 9.59 Å². The molecule has 3 aliphatic carbocycles. The predicted octanol–water partition coefficient (Wildman–Crippen LogP) is 2.43. The largest absolute Gasteiger partial charge is 0.481 e. The highest BCUT2D eigenvalue weighted by Gasteiger charge is 2.67. The van der Waals surface area contributed by atoms with E-state index < -0.39 is 5.97 Å². The summed E-state index contributed by atoms with van der Waals surface area (Å²) in [7, 11) is 0. The van der Waals surface area contributed by atoms with Crippen LogP contribution in [-0.4, -0.2) is 23.5 Å². The van der Waals surface area contributed by atoms with Gasteiger partial charge < -0.3 is 10.4 Å². The molecular weight excluding hydrogens is 254 g/mol. The average Bonchev–Trinajstić information content (AvgIpc) is 2.86. The van der Waals surface area contributed by atoms with Crippen LogP contribution >= 0.6 is 0 Å². The van der Waals surface area contributed by atoms with Crippen LogP contribution in [-0.2, 0) is 9.59 Å². The Morgan fingerprint density at radius 2 is 1.65 bits per heavy atom. The van der Waals surface area contributed by atoms with E-state index in [1.54, 1.807) is 0 Å². The fourth-order valence-electron chi connectivity index (χ4n) is 4.76. The third kappa shape index (κ3) is 2.70. The van der Waals surface area contributed by atoms with Crippen LogP contribution in [0.25, 0.3) is 0 Å². The Labute approximate surface area is 120 Å². The second-order valence-corrected chi connectivity index (χ2v) is 6.86. The van der Waals surface area contributed by atoms with Crippen molar-refractivity contribution in [1.82, 2.24) is 5.32 Å². The molecular formula is C16H25NO3. The molecule has 2 bridgehead atoms. The number of rotatable bonds is 8. The molecule has 20 heavy (non-hydrogen) atoms. The second kappa shape index (κ2) is 5.74. The smallest absolute Gasteiger partial charge is 0.303 e. The molecule has 1 amide bonds. The van der Waals surface area contributed by atoms with E-state index in [1.165, 1.54) is 19.3 Å². The lowest BCUT2D eigenvalue weighted by atomic mass is 10.0. The molecule has 4 nitrogen and oxygen atoms in total. The summed E-state index contributed by atoms with van der Waals surface area (Å²) in [6.07, 6.45) is 8.05. The van der Waals surface area contributed by atoms with Crippen LogP contribution in [0.1, 0.15) is 51.4 Å². The maximum Gasteiger partial charge on any atom is 0.303 e. The number of carboxylic acid groups (broad SMARTS) is 1. The minimum atomic E-state index is -0.715. The van der Waals surface area contributed by atoms with Crippen molar-refractivity contribution in [3.8, 4) is 0 Å². The SMILES string of the molecule is O=C(O)CCCCCCNC(=O)C1C2C3CCC(C3)C12. The van der Waals surface area contributed by atoms with Crippen molar-refractivity contribution >= 4 is 11.9 Å². The Hall–Kier alpha value is -1.06. The molecule has 3 aliphatic rings. The number of aliphatic carboxylic acids is 1. The van der Waals surface area contributed by atoms with Gasteiger partial charge in [0.2, 0.25) is 5.91 Å². The molecule has 0 spiro atoms. The summed E-state index contributed by atoms with van der Waals surface area (Å²) < 4.78 is 0. The summed E-state index contributed by atoms with van der Waals surface area (Å²) in [5, 5.41) is 11.6. The van der Waals surface area contributed by atoms with Gasteiger partial charge in [-0.15, -0.1) is 0 Å². The van der Waals surface area contributed by atoms with Gasteiger partial charge >= 0.3 is 5.97 Å².